The number of benzene rings is 1. The van der Waals surface area contributed by atoms with Crippen LogP contribution in [0.2, 0.25) is 0 Å². The summed E-state index contributed by atoms with van der Waals surface area (Å²) in [5.74, 6) is 0. The van der Waals surface area contributed by atoms with E-state index in [-0.39, 0.29) is 4.90 Å². The first-order valence-electron chi connectivity index (χ1n) is 5.00. The lowest BCUT2D eigenvalue weighted by Crippen LogP contribution is -2.36. The second-order valence-electron chi connectivity index (χ2n) is 3.55. The zero-order valence-electron chi connectivity index (χ0n) is 8.72. The van der Waals surface area contributed by atoms with Crippen molar-refractivity contribution in [1.82, 2.24) is 0 Å². The topological polar surface area (TPSA) is 78.6 Å². The van der Waals surface area contributed by atoms with Gasteiger partial charge in [-0.3, -0.25) is 4.21 Å². The molecule has 0 aromatic heterocycles. The Labute approximate surface area is 96.5 Å². The van der Waals surface area contributed by atoms with Gasteiger partial charge in [0, 0.05) is 18.0 Å². The van der Waals surface area contributed by atoms with E-state index in [2.05, 4.69) is 4.90 Å². The van der Waals surface area contributed by atoms with Gasteiger partial charge in [-0.25, -0.2) is 0 Å². The predicted octanol–water partition coefficient (Wildman–Crippen LogP) is 0.343. The number of nitrogens with zero attached hydrogens (tertiary/aromatic N) is 1. The molecule has 1 aromatic rings. The summed E-state index contributed by atoms with van der Waals surface area (Å²) in [5, 5.41) is 0. The highest BCUT2D eigenvalue weighted by molar-refractivity contribution is 7.79. The average molecular weight is 241 g/mol. The van der Waals surface area contributed by atoms with E-state index in [1.54, 1.807) is 12.1 Å². The Kier molecular flexibility index (Phi) is 3.42. The van der Waals surface area contributed by atoms with E-state index in [9.17, 15) is 8.76 Å². The summed E-state index contributed by atoms with van der Waals surface area (Å²) in [5.41, 5.74) is 7.20. The molecule has 0 aliphatic carbocycles. The highest BCUT2D eigenvalue weighted by atomic mass is 32.2. The van der Waals surface area contributed by atoms with Crippen LogP contribution in [0.3, 0.4) is 0 Å². The molecule has 0 saturated carbocycles. The lowest BCUT2D eigenvalue weighted by atomic mass is 10.2. The van der Waals surface area contributed by atoms with Gasteiger partial charge in [-0.15, -0.1) is 0 Å². The first-order valence-corrected chi connectivity index (χ1v) is 6.07. The number of hydrogen-bond donors (Lipinski definition) is 1. The van der Waals surface area contributed by atoms with Crippen molar-refractivity contribution < 1.29 is 13.5 Å². The minimum Gasteiger partial charge on any atom is -0.768 e. The van der Waals surface area contributed by atoms with Gasteiger partial charge >= 0.3 is 0 Å². The molecule has 1 unspecified atom stereocenters. The molecule has 16 heavy (non-hydrogen) atoms. The van der Waals surface area contributed by atoms with E-state index < -0.39 is 11.1 Å². The molecule has 5 nitrogen and oxygen atoms in total. The molecule has 1 aliphatic rings. The van der Waals surface area contributed by atoms with E-state index in [0.29, 0.717) is 18.9 Å². The van der Waals surface area contributed by atoms with Gasteiger partial charge in [0.15, 0.2) is 0 Å². The lowest BCUT2D eigenvalue weighted by Gasteiger charge is -2.30. The Morgan fingerprint density at radius 1 is 1.38 bits per heavy atom. The molecular weight excluding hydrogens is 228 g/mol. The Morgan fingerprint density at radius 2 is 2.06 bits per heavy atom. The molecule has 0 radical (unpaired) electrons. The molecule has 1 aliphatic heterocycles. The first kappa shape index (κ1) is 11.4. The van der Waals surface area contributed by atoms with Crippen LogP contribution in [0.1, 0.15) is 0 Å². The lowest BCUT2D eigenvalue weighted by molar-refractivity contribution is 0.123. The van der Waals surface area contributed by atoms with Crippen LogP contribution in [0.15, 0.2) is 23.1 Å². The van der Waals surface area contributed by atoms with Gasteiger partial charge < -0.3 is 19.9 Å². The van der Waals surface area contributed by atoms with Crippen LogP contribution < -0.4 is 10.6 Å². The number of ether oxygens (including phenoxy) is 1. The molecule has 1 heterocycles. The molecule has 0 bridgehead atoms. The van der Waals surface area contributed by atoms with Crippen LogP contribution in [-0.4, -0.2) is 35.1 Å². The smallest absolute Gasteiger partial charge is 0.0642 e. The van der Waals surface area contributed by atoms with Crippen molar-refractivity contribution in [3.63, 3.8) is 0 Å². The first-order chi connectivity index (χ1) is 7.68. The average Bonchev–Trinajstić information content (AvgIpc) is 2.30. The van der Waals surface area contributed by atoms with Crippen LogP contribution >= 0.6 is 0 Å². The maximum Gasteiger partial charge on any atom is 0.0642 e. The van der Waals surface area contributed by atoms with E-state index in [1.807, 2.05) is 0 Å². The van der Waals surface area contributed by atoms with Gasteiger partial charge in [0.05, 0.1) is 24.6 Å². The van der Waals surface area contributed by atoms with Crippen molar-refractivity contribution in [2.75, 3.05) is 36.9 Å². The quantitative estimate of drug-likeness (QED) is 0.597. The van der Waals surface area contributed by atoms with Gasteiger partial charge in [-0.1, -0.05) is 0 Å². The number of morpholine rings is 1. The molecule has 6 heteroatoms. The van der Waals surface area contributed by atoms with E-state index >= 15 is 0 Å². The van der Waals surface area contributed by atoms with Crippen LogP contribution in [0.25, 0.3) is 0 Å². The largest absolute Gasteiger partial charge is 0.768 e. The molecule has 0 amide bonds. The third kappa shape index (κ3) is 2.34. The zero-order valence-corrected chi connectivity index (χ0v) is 9.53. The van der Waals surface area contributed by atoms with Crippen molar-refractivity contribution in [3.05, 3.63) is 18.2 Å². The fraction of sp³-hybridized carbons (Fsp3) is 0.400. The molecule has 88 valence electrons. The zero-order chi connectivity index (χ0) is 11.5. The van der Waals surface area contributed by atoms with Crippen LogP contribution in [0.4, 0.5) is 11.4 Å². The van der Waals surface area contributed by atoms with Crippen LogP contribution in [0.5, 0.6) is 0 Å². The predicted molar refractivity (Wildman–Crippen MR) is 61.1 cm³/mol. The Hall–Kier alpha value is -1.11. The number of rotatable bonds is 2. The van der Waals surface area contributed by atoms with Crippen molar-refractivity contribution >= 4 is 22.5 Å². The maximum atomic E-state index is 10.8. The molecule has 0 spiro atoms. The number of nitrogens with two attached hydrogens (primary N) is 1. The SMILES string of the molecule is Nc1cc(S(=O)[O-])ccc1N1CCOCC1. The molecule has 1 atom stereocenters. The fourth-order valence-electron chi connectivity index (χ4n) is 1.73. The summed E-state index contributed by atoms with van der Waals surface area (Å²) in [4.78, 5) is 2.31. The summed E-state index contributed by atoms with van der Waals surface area (Å²) in [6, 6.07) is 4.78. The molecule has 1 fully saturated rings. The van der Waals surface area contributed by atoms with Gasteiger partial charge in [-0.2, -0.15) is 0 Å². The van der Waals surface area contributed by atoms with Gasteiger partial charge in [0.1, 0.15) is 0 Å². The summed E-state index contributed by atoms with van der Waals surface area (Å²) in [6.45, 7) is 2.91. The number of hydrogen-bond acceptors (Lipinski definition) is 5. The minimum atomic E-state index is -2.23. The summed E-state index contributed by atoms with van der Waals surface area (Å²) in [6.07, 6.45) is 0. The highest BCUT2D eigenvalue weighted by Crippen LogP contribution is 2.26. The molecular formula is C10H13N2O3S-. The standard InChI is InChI=1S/C10H14N2O3S/c11-9-7-8(16(13)14)1-2-10(9)12-3-5-15-6-4-12/h1-2,7H,3-6,11H2,(H,13,14)/p-1. The van der Waals surface area contributed by atoms with Crippen molar-refractivity contribution in [2.45, 2.75) is 4.90 Å². The Balaban J connectivity index is 2.24. The maximum absolute atomic E-state index is 10.8. The number of nitrogen functional groups attached to an aromatic ring is 1. The van der Waals surface area contributed by atoms with Crippen molar-refractivity contribution in [1.29, 1.82) is 0 Å². The van der Waals surface area contributed by atoms with Gasteiger partial charge in [0.2, 0.25) is 0 Å². The molecule has 1 aromatic carbocycles. The minimum absolute atomic E-state index is 0.217. The van der Waals surface area contributed by atoms with Crippen molar-refractivity contribution in [2.24, 2.45) is 0 Å². The monoisotopic (exact) mass is 241 g/mol. The Morgan fingerprint density at radius 3 is 2.62 bits per heavy atom. The normalized spacial score (nSPS) is 18.4. The fourth-order valence-corrected chi connectivity index (χ4v) is 2.13. The third-order valence-corrected chi connectivity index (χ3v) is 3.18. The van der Waals surface area contributed by atoms with Crippen molar-refractivity contribution in [3.8, 4) is 0 Å². The second-order valence-corrected chi connectivity index (χ2v) is 4.50. The van der Waals surface area contributed by atoms with Gasteiger partial charge in [0.25, 0.3) is 0 Å². The van der Waals surface area contributed by atoms with E-state index in [4.69, 9.17) is 10.5 Å². The van der Waals surface area contributed by atoms with E-state index in [0.717, 1.165) is 18.8 Å². The van der Waals surface area contributed by atoms with Gasteiger partial charge in [-0.05, 0) is 29.3 Å². The summed E-state index contributed by atoms with van der Waals surface area (Å²) >= 11 is -2.23. The van der Waals surface area contributed by atoms with Crippen LogP contribution in [0, 0.1) is 0 Å². The highest BCUT2D eigenvalue weighted by Gasteiger charge is 2.13. The molecule has 1 saturated heterocycles. The Bertz CT molecular complexity index is 405. The summed E-state index contributed by atoms with van der Waals surface area (Å²) in [7, 11) is 0. The molecule has 2 rings (SSSR count). The molecule has 2 N–H and O–H groups in total. The number of anilines is 2. The van der Waals surface area contributed by atoms with Crippen LogP contribution in [-0.2, 0) is 15.8 Å². The second kappa shape index (κ2) is 4.82. The van der Waals surface area contributed by atoms with E-state index in [1.165, 1.54) is 6.07 Å². The summed E-state index contributed by atoms with van der Waals surface area (Å²) < 4.78 is 26.7. The third-order valence-electron chi connectivity index (χ3n) is 2.54.